The Morgan fingerprint density at radius 3 is 3.33 bits per heavy atom. The average molecular weight is 208 g/mol. The third-order valence-corrected chi connectivity index (χ3v) is 2.66. The lowest BCUT2D eigenvalue weighted by Gasteiger charge is -2.13. The highest BCUT2D eigenvalue weighted by Crippen LogP contribution is 2.07. The topological polar surface area (TPSA) is 54.3 Å². The first-order valence-corrected chi connectivity index (χ1v) is 5.36. The van der Waals surface area contributed by atoms with Crippen molar-refractivity contribution in [3.63, 3.8) is 0 Å². The Hall–Kier alpha value is -1.29. The molecule has 4 heteroatoms. The van der Waals surface area contributed by atoms with Crippen molar-refractivity contribution in [2.45, 2.75) is 31.8 Å². The van der Waals surface area contributed by atoms with Gasteiger partial charge in [-0.2, -0.15) is 0 Å². The Balaban J connectivity index is 1.80. The van der Waals surface area contributed by atoms with E-state index < -0.39 is 0 Å². The van der Waals surface area contributed by atoms with Crippen LogP contribution in [0.3, 0.4) is 0 Å². The summed E-state index contributed by atoms with van der Waals surface area (Å²) in [6.45, 7) is 1.58. The Morgan fingerprint density at radius 2 is 2.53 bits per heavy atom. The maximum Gasteiger partial charge on any atom is 0.221 e. The van der Waals surface area contributed by atoms with Crippen molar-refractivity contribution in [1.82, 2.24) is 10.6 Å². The predicted molar refractivity (Wildman–Crippen MR) is 56.2 cm³/mol. The maximum atomic E-state index is 11.3. The second-order valence-electron chi connectivity index (χ2n) is 3.91. The maximum absolute atomic E-state index is 11.3. The molecule has 0 bridgehead atoms. The Labute approximate surface area is 89.0 Å². The summed E-state index contributed by atoms with van der Waals surface area (Å²) in [5.41, 5.74) is 1.12. The molecule has 1 amide bonds. The molecular formula is C11H16N2O2. The van der Waals surface area contributed by atoms with Crippen LogP contribution in [0.1, 0.15) is 24.8 Å². The van der Waals surface area contributed by atoms with Crippen LogP contribution in [-0.4, -0.2) is 18.5 Å². The van der Waals surface area contributed by atoms with E-state index in [1.165, 1.54) is 0 Å². The largest absolute Gasteiger partial charge is 0.472 e. The molecule has 0 spiro atoms. The average Bonchev–Trinajstić information content (AvgIpc) is 2.65. The van der Waals surface area contributed by atoms with E-state index in [0.29, 0.717) is 12.5 Å². The van der Waals surface area contributed by atoms with E-state index in [1.807, 2.05) is 6.07 Å². The smallest absolute Gasteiger partial charge is 0.221 e. The highest BCUT2D eigenvalue weighted by atomic mass is 16.3. The zero-order chi connectivity index (χ0) is 10.5. The van der Waals surface area contributed by atoms with Crippen LogP contribution in [0.25, 0.3) is 0 Å². The van der Waals surface area contributed by atoms with Crippen LogP contribution >= 0.6 is 0 Å². The van der Waals surface area contributed by atoms with E-state index in [0.717, 1.165) is 31.5 Å². The Bertz CT molecular complexity index is 308. The van der Waals surface area contributed by atoms with Crippen molar-refractivity contribution in [1.29, 1.82) is 0 Å². The Kier molecular flexibility index (Phi) is 3.40. The van der Waals surface area contributed by atoms with Crippen molar-refractivity contribution >= 4 is 5.91 Å². The highest BCUT2D eigenvalue weighted by Gasteiger charge is 2.16. The molecule has 2 heterocycles. The van der Waals surface area contributed by atoms with Crippen molar-refractivity contribution in [3.8, 4) is 0 Å². The number of hydrogen-bond donors (Lipinski definition) is 2. The molecule has 2 N–H and O–H groups in total. The number of furan rings is 1. The summed E-state index contributed by atoms with van der Waals surface area (Å²) >= 11 is 0. The third-order valence-electron chi connectivity index (χ3n) is 2.66. The number of rotatable bonds is 3. The van der Waals surface area contributed by atoms with Crippen LogP contribution in [0.4, 0.5) is 0 Å². The van der Waals surface area contributed by atoms with Crippen molar-refractivity contribution in [3.05, 3.63) is 24.2 Å². The minimum Gasteiger partial charge on any atom is -0.472 e. The van der Waals surface area contributed by atoms with Gasteiger partial charge in [-0.1, -0.05) is 0 Å². The SMILES string of the molecule is O=C1CC(NCc2ccoc2)CCCN1. The highest BCUT2D eigenvalue weighted by molar-refractivity contribution is 5.76. The Morgan fingerprint density at radius 1 is 1.60 bits per heavy atom. The van der Waals surface area contributed by atoms with Crippen LogP contribution < -0.4 is 10.6 Å². The van der Waals surface area contributed by atoms with Crippen LogP contribution in [0.2, 0.25) is 0 Å². The molecule has 1 aromatic heterocycles. The van der Waals surface area contributed by atoms with E-state index in [9.17, 15) is 4.79 Å². The van der Waals surface area contributed by atoms with Crippen LogP contribution in [0, 0.1) is 0 Å². The van der Waals surface area contributed by atoms with Gasteiger partial charge in [0.15, 0.2) is 0 Å². The summed E-state index contributed by atoms with van der Waals surface area (Å²) < 4.78 is 4.98. The summed E-state index contributed by atoms with van der Waals surface area (Å²) in [6, 6.07) is 2.23. The monoisotopic (exact) mass is 208 g/mol. The molecule has 0 aromatic carbocycles. The molecule has 0 aliphatic carbocycles. The standard InChI is InChI=1S/C11H16N2O2/c14-11-6-10(2-1-4-12-11)13-7-9-3-5-15-8-9/h3,5,8,10,13H,1-2,4,6-7H2,(H,12,14). The molecule has 15 heavy (non-hydrogen) atoms. The second kappa shape index (κ2) is 4.98. The van der Waals surface area contributed by atoms with Gasteiger partial charge in [-0.05, 0) is 18.9 Å². The molecule has 4 nitrogen and oxygen atoms in total. The van der Waals surface area contributed by atoms with E-state index >= 15 is 0 Å². The number of amides is 1. The number of carbonyl (C=O) groups excluding carboxylic acids is 1. The van der Waals surface area contributed by atoms with Crippen LogP contribution in [-0.2, 0) is 11.3 Å². The second-order valence-corrected chi connectivity index (χ2v) is 3.91. The molecule has 0 saturated carbocycles. The first-order chi connectivity index (χ1) is 7.34. The van der Waals surface area contributed by atoms with Gasteiger partial charge in [-0.15, -0.1) is 0 Å². The number of hydrogen-bond acceptors (Lipinski definition) is 3. The summed E-state index contributed by atoms with van der Waals surface area (Å²) in [5, 5.41) is 6.24. The molecule has 1 aliphatic heterocycles. The molecule has 1 saturated heterocycles. The summed E-state index contributed by atoms with van der Waals surface area (Å²) in [6.07, 6.45) is 6.07. The first kappa shape index (κ1) is 10.2. The summed E-state index contributed by atoms with van der Waals surface area (Å²) in [5.74, 6) is 0.150. The zero-order valence-electron chi connectivity index (χ0n) is 8.66. The van der Waals surface area contributed by atoms with Gasteiger partial charge in [0.05, 0.1) is 12.5 Å². The quantitative estimate of drug-likeness (QED) is 0.780. The van der Waals surface area contributed by atoms with E-state index in [1.54, 1.807) is 12.5 Å². The lowest BCUT2D eigenvalue weighted by Crippen LogP contribution is -2.31. The molecule has 1 fully saturated rings. The third kappa shape index (κ3) is 3.09. The lowest BCUT2D eigenvalue weighted by atomic mass is 10.1. The molecule has 82 valence electrons. The van der Waals surface area contributed by atoms with Crippen molar-refractivity contribution in [2.24, 2.45) is 0 Å². The number of nitrogens with one attached hydrogen (secondary N) is 2. The molecule has 0 radical (unpaired) electrons. The minimum atomic E-state index is 0.150. The van der Waals surface area contributed by atoms with Gasteiger partial charge in [0.25, 0.3) is 0 Å². The molecule has 1 atom stereocenters. The van der Waals surface area contributed by atoms with Gasteiger partial charge < -0.3 is 15.1 Å². The fraction of sp³-hybridized carbons (Fsp3) is 0.545. The van der Waals surface area contributed by atoms with E-state index in [-0.39, 0.29) is 5.91 Å². The predicted octanol–water partition coefficient (Wildman–Crippen LogP) is 1.04. The summed E-state index contributed by atoms with van der Waals surface area (Å²) in [4.78, 5) is 11.3. The van der Waals surface area contributed by atoms with Crippen LogP contribution in [0.15, 0.2) is 23.0 Å². The van der Waals surface area contributed by atoms with Gasteiger partial charge in [0.1, 0.15) is 0 Å². The van der Waals surface area contributed by atoms with Gasteiger partial charge >= 0.3 is 0 Å². The molecule has 1 aromatic rings. The van der Waals surface area contributed by atoms with Gasteiger partial charge in [-0.25, -0.2) is 0 Å². The molecule has 1 aliphatic rings. The van der Waals surface area contributed by atoms with Crippen molar-refractivity contribution in [2.75, 3.05) is 6.54 Å². The van der Waals surface area contributed by atoms with E-state index in [2.05, 4.69) is 10.6 Å². The fourth-order valence-electron chi connectivity index (χ4n) is 1.80. The van der Waals surface area contributed by atoms with E-state index in [4.69, 9.17) is 4.42 Å². The van der Waals surface area contributed by atoms with Crippen LogP contribution in [0.5, 0.6) is 0 Å². The minimum absolute atomic E-state index is 0.150. The zero-order valence-corrected chi connectivity index (χ0v) is 8.66. The molecular weight excluding hydrogens is 192 g/mol. The van der Waals surface area contributed by atoms with Gasteiger partial charge in [-0.3, -0.25) is 4.79 Å². The molecule has 2 rings (SSSR count). The first-order valence-electron chi connectivity index (χ1n) is 5.36. The fourth-order valence-corrected chi connectivity index (χ4v) is 1.80. The lowest BCUT2D eigenvalue weighted by molar-refractivity contribution is -0.121. The van der Waals surface area contributed by atoms with Gasteiger partial charge in [0, 0.05) is 31.1 Å². The molecule has 1 unspecified atom stereocenters. The number of carbonyl (C=O) groups is 1. The normalized spacial score (nSPS) is 22.1. The summed E-state index contributed by atoms with van der Waals surface area (Å²) in [7, 11) is 0. The van der Waals surface area contributed by atoms with Gasteiger partial charge in [0.2, 0.25) is 5.91 Å². The van der Waals surface area contributed by atoms with Crippen molar-refractivity contribution < 1.29 is 9.21 Å².